The van der Waals surface area contributed by atoms with Crippen LogP contribution in [0.2, 0.25) is 0 Å². The highest BCUT2D eigenvalue weighted by Gasteiger charge is 2.31. The number of rotatable bonds is 17. The van der Waals surface area contributed by atoms with Crippen molar-refractivity contribution in [2.24, 2.45) is 11.8 Å². The molecule has 0 saturated heterocycles. The first-order valence-electron chi connectivity index (χ1n) is 15.3. The van der Waals surface area contributed by atoms with Crippen molar-refractivity contribution >= 4 is 24.8 Å². The second-order valence-electron chi connectivity index (χ2n) is 11.7. The monoisotopic (exact) mass is 635 g/mol. The van der Waals surface area contributed by atoms with Crippen molar-refractivity contribution < 1.29 is 38.5 Å². The van der Waals surface area contributed by atoms with E-state index in [1.54, 1.807) is 12.1 Å². The lowest BCUT2D eigenvalue weighted by molar-refractivity contribution is -0.132. The first kappa shape index (κ1) is 36.2. The maximum Gasteiger partial charge on any atom is 0.635 e. The van der Waals surface area contributed by atoms with Crippen LogP contribution in [-0.2, 0) is 20.7 Å². The first-order chi connectivity index (χ1) is 21.9. The minimum absolute atomic E-state index is 0.0925. The van der Waals surface area contributed by atoms with Crippen molar-refractivity contribution in [2.45, 2.75) is 58.8 Å². The van der Waals surface area contributed by atoms with Gasteiger partial charge < -0.3 is 44.9 Å². The highest BCUT2D eigenvalue weighted by atomic mass is 16.6. The van der Waals surface area contributed by atoms with Crippen molar-refractivity contribution in [2.75, 3.05) is 26.6 Å². The Morgan fingerprint density at radius 3 is 1.96 bits per heavy atom. The Labute approximate surface area is 271 Å². The maximum atomic E-state index is 14.0. The van der Waals surface area contributed by atoms with Crippen LogP contribution in [0.5, 0.6) is 17.2 Å². The number of anilines is 1. The summed E-state index contributed by atoms with van der Waals surface area (Å²) < 4.78 is 21.6. The van der Waals surface area contributed by atoms with Gasteiger partial charge in [-0.2, -0.15) is 0 Å². The fraction of sp³-hybridized carbons (Fsp3) is 0.412. The van der Waals surface area contributed by atoms with Gasteiger partial charge in [-0.1, -0.05) is 70.2 Å². The van der Waals surface area contributed by atoms with E-state index in [0.717, 1.165) is 16.7 Å². The summed E-state index contributed by atoms with van der Waals surface area (Å²) in [6.07, 6.45) is -0.412. The zero-order chi connectivity index (χ0) is 33.8. The van der Waals surface area contributed by atoms with Crippen LogP contribution in [0.4, 0.5) is 5.69 Å². The number of methoxy groups -OCH3 is 3. The molecule has 0 aliphatic heterocycles. The van der Waals surface area contributed by atoms with E-state index in [0.29, 0.717) is 29.4 Å². The van der Waals surface area contributed by atoms with Gasteiger partial charge in [0, 0.05) is 12.1 Å². The Bertz CT molecular complexity index is 1390. The first-order valence-corrected chi connectivity index (χ1v) is 15.3. The summed E-state index contributed by atoms with van der Waals surface area (Å²) in [4.78, 5) is 27.5. The normalized spacial score (nSPS) is 13.0. The fourth-order valence-corrected chi connectivity index (χ4v) is 5.08. The minimum atomic E-state index is -2.06. The van der Waals surface area contributed by atoms with Gasteiger partial charge in [-0.25, -0.2) is 0 Å². The van der Waals surface area contributed by atoms with Crippen molar-refractivity contribution in [1.82, 2.24) is 10.6 Å². The standard InChI is InChI=1S/C34H46BN3O8/c1-21(2)16-30(46-35(41)42)37-34(40)31(22(3)4)38-33(39)27(17-23-18-28(43-5)32(45-7)29(19-23)44-6)36-26-15-11-14-25(20-26)24-12-9-8-10-13-24/h8-15,18-22,27,30-31,36,41-42H,16-17H2,1-7H3,(H,37,40)(H,38,39)/t27-,30+,31-/m0/s1. The molecule has 11 nitrogen and oxygen atoms in total. The smallest absolute Gasteiger partial charge is 0.493 e. The zero-order valence-corrected chi connectivity index (χ0v) is 27.6. The Morgan fingerprint density at radius 1 is 0.783 bits per heavy atom. The molecule has 2 amide bonds. The van der Waals surface area contributed by atoms with Gasteiger partial charge in [0.1, 0.15) is 18.3 Å². The molecular weight excluding hydrogens is 589 g/mol. The zero-order valence-electron chi connectivity index (χ0n) is 27.6. The van der Waals surface area contributed by atoms with E-state index < -0.39 is 37.4 Å². The molecule has 0 aliphatic carbocycles. The topological polar surface area (TPSA) is 148 Å². The number of hydrogen-bond donors (Lipinski definition) is 5. The second kappa shape index (κ2) is 17.4. The average molecular weight is 636 g/mol. The number of nitrogens with one attached hydrogen (secondary N) is 3. The van der Waals surface area contributed by atoms with E-state index in [-0.39, 0.29) is 18.3 Å². The third kappa shape index (κ3) is 10.4. The minimum Gasteiger partial charge on any atom is -0.493 e. The van der Waals surface area contributed by atoms with Gasteiger partial charge >= 0.3 is 7.32 Å². The van der Waals surface area contributed by atoms with Crippen molar-refractivity contribution in [1.29, 1.82) is 0 Å². The molecule has 0 aliphatic rings. The van der Waals surface area contributed by atoms with Gasteiger partial charge in [-0.05, 0) is 59.2 Å². The van der Waals surface area contributed by atoms with Gasteiger partial charge in [0.05, 0.1) is 21.3 Å². The van der Waals surface area contributed by atoms with Crippen LogP contribution in [0.25, 0.3) is 11.1 Å². The molecule has 3 rings (SSSR count). The third-order valence-electron chi connectivity index (χ3n) is 7.31. The van der Waals surface area contributed by atoms with E-state index in [2.05, 4.69) is 16.0 Å². The molecule has 248 valence electrons. The lowest BCUT2D eigenvalue weighted by Crippen LogP contribution is -2.56. The summed E-state index contributed by atoms with van der Waals surface area (Å²) >= 11 is 0. The van der Waals surface area contributed by atoms with Gasteiger partial charge in [0.25, 0.3) is 0 Å². The molecule has 3 atom stereocenters. The van der Waals surface area contributed by atoms with E-state index in [1.165, 1.54) is 21.3 Å². The molecule has 0 unspecified atom stereocenters. The predicted molar refractivity (Wildman–Crippen MR) is 179 cm³/mol. The molecule has 0 bridgehead atoms. The molecule has 3 aromatic carbocycles. The van der Waals surface area contributed by atoms with E-state index in [4.69, 9.17) is 18.9 Å². The molecule has 0 spiro atoms. The van der Waals surface area contributed by atoms with E-state index >= 15 is 0 Å². The summed E-state index contributed by atoms with van der Waals surface area (Å²) in [6, 6.07) is 19.4. The highest BCUT2D eigenvalue weighted by Crippen LogP contribution is 2.38. The van der Waals surface area contributed by atoms with Crippen LogP contribution >= 0.6 is 0 Å². The summed E-state index contributed by atoms with van der Waals surface area (Å²) in [5, 5.41) is 27.7. The molecule has 0 saturated carbocycles. The second-order valence-corrected chi connectivity index (χ2v) is 11.7. The molecule has 12 heteroatoms. The summed E-state index contributed by atoms with van der Waals surface area (Å²) in [6.45, 7) is 7.46. The number of carbonyl (C=O) groups excluding carboxylic acids is 2. The molecule has 46 heavy (non-hydrogen) atoms. The fourth-order valence-electron chi connectivity index (χ4n) is 5.08. The third-order valence-corrected chi connectivity index (χ3v) is 7.31. The predicted octanol–water partition coefficient (Wildman–Crippen LogP) is 4.02. The van der Waals surface area contributed by atoms with Crippen molar-refractivity contribution in [3.63, 3.8) is 0 Å². The lowest BCUT2D eigenvalue weighted by atomic mass is 9.99. The number of hydrogen-bond acceptors (Lipinski definition) is 9. The molecule has 0 radical (unpaired) electrons. The van der Waals surface area contributed by atoms with E-state index in [1.807, 2.05) is 82.3 Å². The Hall–Kier alpha value is -4.26. The van der Waals surface area contributed by atoms with Gasteiger partial charge in [0.15, 0.2) is 11.5 Å². The van der Waals surface area contributed by atoms with Crippen LogP contribution in [0.15, 0.2) is 66.7 Å². The molecule has 0 aromatic heterocycles. The summed E-state index contributed by atoms with van der Waals surface area (Å²) in [7, 11) is 2.51. The SMILES string of the molecule is COc1cc(C[C@H](Nc2cccc(-c3ccccc3)c2)C(=O)N[C@H](C(=O)N[C@@H](CC(C)C)OB(O)O)C(C)C)cc(OC)c1OC. The summed E-state index contributed by atoms with van der Waals surface area (Å²) in [5.41, 5.74) is 3.44. The quantitative estimate of drug-likeness (QED) is 0.110. The molecular formula is C34H46BN3O8. The average Bonchev–Trinajstić information content (AvgIpc) is 3.02. The highest BCUT2D eigenvalue weighted by molar-refractivity contribution is 6.32. The van der Waals surface area contributed by atoms with Crippen molar-refractivity contribution in [3.05, 3.63) is 72.3 Å². The Balaban J connectivity index is 1.95. The number of ether oxygens (including phenoxy) is 3. The molecule has 3 aromatic rings. The van der Waals surface area contributed by atoms with Crippen LogP contribution < -0.4 is 30.2 Å². The van der Waals surface area contributed by atoms with Gasteiger partial charge in [-0.3, -0.25) is 9.59 Å². The largest absolute Gasteiger partial charge is 0.635 e. The van der Waals surface area contributed by atoms with Gasteiger partial charge in [-0.15, -0.1) is 0 Å². The van der Waals surface area contributed by atoms with Crippen molar-refractivity contribution in [3.8, 4) is 28.4 Å². The number of amides is 2. The van der Waals surface area contributed by atoms with Crippen LogP contribution in [-0.4, -0.2) is 68.8 Å². The Kier molecular flexibility index (Phi) is 13.7. The number of benzene rings is 3. The lowest BCUT2D eigenvalue weighted by Gasteiger charge is -2.28. The van der Waals surface area contributed by atoms with Crippen LogP contribution in [0, 0.1) is 11.8 Å². The van der Waals surface area contributed by atoms with Crippen LogP contribution in [0.3, 0.4) is 0 Å². The molecule has 0 heterocycles. The Morgan fingerprint density at radius 2 is 1.41 bits per heavy atom. The van der Waals surface area contributed by atoms with E-state index in [9.17, 15) is 19.6 Å². The van der Waals surface area contributed by atoms with Crippen LogP contribution in [0.1, 0.15) is 39.7 Å². The summed E-state index contributed by atoms with van der Waals surface area (Å²) in [5.74, 6) is 0.192. The number of carbonyl (C=O) groups is 2. The molecule has 5 N–H and O–H groups in total. The molecule has 0 fully saturated rings. The van der Waals surface area contributed by atoms with Gasteiger partial charge in [0.2, 0.25) is 17.6 Å². The maximum absolute atomic E-state index is 14.0.